The second-order valence-electron chi connectivity index (χ2n) is 4.79. The van der Waals surface area contributed by atoms with Gasteiger partial charge < -0.3 is 5.32 Å². The van der Waals surface area contributed by atoms with Crippen LogP contribution in [0.15, 0.2) is 18.2 Å². The smallest absolute Gasteiger partial charge is 0.0438 e. The van der Waals surface area contributed by atoms with Crippen molar-refractivity contribution in [3.8, 4) is 0 Å². The molecule has 1 unspecified atom stereocenters. The highest BCUT2D eigenvalue weighted by molar-refractivity contribution is 6.31. The number of hydrogen-bond donors (Lipinski definition) is 1. The lowest BCUT2D eigenvalue weighted by Gasteiger charge is -2.27. The number of halogens is 1. The van der Waals surface area contributed by atoms with Gasteiger partial charge in [-0.1, -0.05) is 30.7 Å². The summed E-state index contributed by atoms with van der Waals surface area (Å²) in [6.07, 6.45) is 1.26. The summed E-state index contributed by atoms with van der Waals surface area (Å²) in [4.78, 5) is 2.53. The Hall–Kier alpha value is -0.570. The molecule has 1 atom stereocenters. The van der Waals surface area contributed by atoms with Gasteiger partial charge >= 0.3 is 0 Å². The third kappa shape index (κ3) is 3.21. The van der Waals surface area contributed by atoms with E-state index in [2.05, 4.69) is 35.3 Å². The van der Waals surface area contributed by atoms with E-state index in [4.69, 9.17) is 11.6 Å². The first-order chi connectivity index (χ1) is 8.20. The van der Waals surface area contributed by atoms with E-state index in [1.54, 1.807) is 0 Å². The minimum Gasteiger partial charge on any atom is -0.315 e. The first-order valence-corrected chi connectivity index (χ1v) is 6.78. The number of hydrogen-bond acceptors (Lipinski definition) is 2. The van der Waals surface area contributed by atoms with Crippen molar-refractivity contribution >= 4 is 11.6 Å². The molecule has 3 heteroatoms. The first kappa shape index (κ1) is 12.9. The van der Waals surface area contributed by atoms with Gasteiger partial charge in [0, 0.05) is 24.2 Å². The molecule has 0 spiro atoms. The minimum atomic E-state index is 0.681. The molecule has 0 aromatic heterocycles. The Kier molecular flexibility index (Phi) is 4.43. The van der Waals surface area contributed by atoms with Crippen LogP contribution >= 0.6 is 11.6 Å². The molecule has 0 amide bonds. The third-order valence-electron chi connectivity index (χ3n) is 3.58. The SMILES string of the molecule is CCN(Cc1ccc(C)c(Cl)c1)C1CCNC1. The van der Waals surface area contributed by atoms with Crippen molar-refractivity contribution in [3.63, 3.8) is 0 Å². The summed E-state index contributed by atoms with van der Waals surface area (Å²) in [5.41, 5.74) is 2.47. The Labute approximate surface area is 109 Å². The van der Waals surface area contributed by atoms with Crippen molar-refractivity contribution in [1.29, 1.82) is 0 Å². The quantitative estimate of drug-likeness (QED) is 0.887. The van der Waals surface area contributed by atoms with Crippen LogP contribution in [0.4, 0.5) is 0 Å². The predicted octanol–water partition coefficient (Wildman–Crippen LogP) is 2.83. The molecule has 0 bridgehead atoms. The molecule has 94 valence electrons. The zero-order valence-electron chi connectivity index (χ0n) is 10.7. The van der Waals surface area contributed by atoms with Gasteiger partial charge in [0.05, 0.1) is 0 Å². The first-order valence-electron chi connectivity index (χ1n) is 6.40. The second-order valence-corrected chi connectivity index (χ2v) is 5.20. The van der Waals surface area contributed by atoms with Crippen LogP contribution in [0.2, 0.25) is 5.02 Å². The van der Waals surface area contributed by atoms with E-state index < -0.39 is 0 Å². The molecule has 0 aliphatic carbocycles. The standard InChI is InChI=1S/C14H21ClN2/c1-3-17(13-6-7-16-9-13)10-12-5-4-11(2)14(15)8-12/h4-5,8,13,16H,3,6-7,9-10H2,1-2H3. The van der Waals surface area contributed by atoms with Crippen LogP contribution < -0.4 is 5.32 Å². The molecule has 1 aliphatic rings. The maximum Gasteiger partial charge on any atom is 0.0438 e. The van der Waals surface area contributed by atoms with Gasteiger partial charge in [-0.25, -0.2) is 0 Å². The molecule has 1 fully saturated rings. The summed E-state index contributed by atoms with van der Waals surface area (Å²) in [5, 5.41) is 4.30. The van der Waals surface area contributed by atoms with Gasteiger partial charge in [-0.3, -0.25) is 4.90 Å². The van der Waals surface area contributed by atoms with Crippen molar-refractivity contribution in [2.45, 2.75) is 32.9 Å². The fourth-order valence-electron chi connectivity index (χ4n) is 2.42. The van der Waals surface area contributed by atoms with Crippen molar-refractivity contribution in [1.82, 2.24) is 10.2 Å². The maximum absolute atomic E-state index is 6.17. The molecule has 0 saturated carbocycles. The molecular weight excluding hydrogens is 232 g/mol. The fraction of sp³-hybridized carbons (Fsp3) is 0.571. The van der Waals surface area contributed by atoms with Crippen LogP contribution in [-0.2, 0) is 6.54 Å². The summed E-state index contributed by atoms with van der Waals surface area (Å²) in [5.74, 6) is 0. The van der Waals surface area contributed by atoms with Crippen molar-refractivity contribution < 1.29 is 0 Å². The molecule has 1 aliphatic heterocycles. The maximum atomic E-state index is 6.17. The second kappa shape index (κ2) is 5.85. The van der Waals surface area contributed by atoms with E-state index in [0.29, 0.717) is 6.04 Å². The molecule has 1 aromatic rings. The summed E-state index contributed by atoms with van der Waals surface area (Å²) in [7, 11) is 0. The van der Waals surface area contributed by atoms with Crippen LogP contribution in [0.1, 0.15) is 24.5 Å². The number of aryl methyl sites for hydroxylation is 1. The van der Waals surface area contributed by atoms with E-state index in [-0.39, 0.29) is 0 Å². The number of benzene rings is 1. The largest absolute Gasteiger partial charge is 0.315 e. The lowest BCUT2D eigenvalue weighted by molar-refractivity contribution is 0.210. The number of nitrogens with one attached hydrogen (secondary N) is 1. The Morgan fingerprint density at radius 3 is 2.88 bits per heavy atom. The van der Waals surface area contributed by atoms with Crippen molar-refractivity contribution in [2.24, 2.45) is 0 Å². The Morgan fingerprint density at radius 1 is 1.47 bits per heavy atom. The van der Waals surface area contributed by atoms with Gasteiger partial charge in [0.2, 0.25) is 0 Å². The molecule has 1 saturated heterocycles. The van der Waals surface area contributed by atoms with Gasteiger partial charge in [-0.15, -0.1) is 0 Å². The minimum absolute atomic E-state index is 0.681. The Morgan fingerprint density at radius 2 is 2.29 bits per heavy atom. The van der Waals surface area contributed by atoms with Crippen molar-refractivity contribution in [2.75, 3.05) is 19.6 Å². The highest BCUT2D eigenvalue weighted by atomic mass is 35.5. The van der Waals surface area contributed by atoms with E-state index >= 15 is 0 Å². The summed E-state index contributed by atoms with van der Waals surface area (Å²) in [6, 6.07) is 7.08. The lowest BCUT2D eigenvalue weighted by Crippen LogP contribution is -2.36. The van der Waals surface area contributed by atoms with Gasteiger partial charge in [-0.2, -0.15) is 0 Å². The zero-order valence-corrected chi connectivity index (χ0v) is 11.4. The molecule has 1 heterocycles. The predicted molar refractivity (Wildman–Crippen MR) is 73.5 cm³/mol. The summed E-state index contributed by atoms with van der Waals surface area (Å²) >= 11 is 6.17. The van der Waals surface area contributed by atoms with Crippen molar-refractivity contribution in [3.05, 3.63) is 34.3 Å². The summed E-state index contributed by atoms with van der Waals surface area (Å²) in [6.45, 7) is 8.64. The number of likely N-dealkylation sites (N-methyl/N-ethyl adjacent to an activating group) is 1. The lowest BCUT2D eigenvalue weighted by atomic mass is 10.1. The summed E-state index contributed by atoms with van der Waals surface area (Å²) < 4.78 is 0. The van der Waals surface area contributed by atoms with Crippen LogP contribution in [-0.4, -0.2) is 30.6 Å². The number of rotatable bonds is 4. The fourth-order valence-corrected chi connectivity index (χ4v) is 2.62. The normalized spacial score (nSPS) is 20.1. The molecule has 2 rings (SSSR count). The van der Waals surface area contributed by atoms with Crippen LogP contribution in [0.25, 0.3) is 0 Å². The van der Waals surface area contributed by atoms with Gasteiger partial charge in [0.25, 0.3) is 0 Å². The van der Waals surface area contributed by atoms with Crippen LogP contribution in [0, 0.1) is 6.92 Å². The van der Waals surface area contributed by atoms with E-state index in [1.165, 1.54) is 12.0 Å². The average Bonchev–Trinajstić information content (AvgIpc) is 2.84. The number of nitrogens with zero attached hydrogens (tertiary/aromatic N) is 1. The monoisotopic (exact) mass is 252 g/mol. The molecule has 17 heavy (non-hydrogen) atoms. The van der Waals surface area contributed by atoms with E-state index in [9.17, 15) is 0 Å². The van der Waals surface area contributed by atoms with Gasteiger partial charge in [-0.05, 0) is 43.6 Å². The Balaban J connectivity index is 2.04. The molecule has 0 radical (unpaired) electrons. The zero-order chi connectivity index (χ0) is 12.3. The van der Waals surface area contributed by atoms with E-state index in [1.807, 2.05) is 6.92 Å². The topological polar surface area (TPSA) is 15.3 Å². The molecule has 1 N–H and O–H groups in total. The molecular formula is C14H21ClN2. The van der Waals surface area contributed by atoms with Crippen LogP contribution in [0.3, 0.4) is 0 Å². The van der Waals surface area contributed by atoms with Gasteiger partial charge in [0.1, 0.15) is 0 Å². The van der Waals surface area contributed by atoms with E-state index in [0.717, 1.165) is 36.8 Å². The van der Waals surface area contributed by atoms with Gasteiger partial charge in [0.15, 0.2) is 0 Å². The molecule has 1 aromatic carbocycles. The highest BCUT2D eigenvalue weighted by Crippen LogP contribution is 2.19. The third-order valence-corrected chi connectivity index (χ3v) is 3.99. The Bertz CT molecular complexity index is 372. The van der Waals surface area contributed by atoms with Crippen LogP contribution in [0.5, 0.6) is 0 Å². The highest BCUT2D eigenvalue weighted by Gasteiger charge is 2.20. The average molecular weight is 253 g/mol. The molecule has 2 nitrogen and oxygen atoms in total.